The first kappa shape index (κ1) is 22.3. The Morgan fingerprint density at radius 1 is 1.25 bits per heavy atom. The van der Waals surface area contributed by atoms with E-state index in [1.54, 1.807) is 6.33 Å². The SMILES string of the molecule is CCCCn1c(=O)n(CC(=O)Nc2ccc(Cl)cc2F)c(=O)c2c1ncn2C1CCCC1. The lowest BCUT2D eigenvalue weighted by Crippen LogP contribution is -2.43. The average Bonchev–Trinajstić information content (AvgIpc) is 3.43. The third-order valence-electron chi connectivity index (χ3n) is 5.90. The molecule has 0 spiro atoms. The van der Waals surface area contributed by atoms with E-state index in [0.717, 1.165) is 49.2 Å². The highest BCUT2D eigenvalue weighted by molar-refractivity contribution is 6.30. The summed E-state index contributed by atoms with van der Waals surface area (Å²) in [5, 5.41) is 2.61. The van der Waals surface area contributed by atoms with Gasteiger partial charge < -0.3 is 9.88 Å². The molecule has 1 aliphatic rings. The predicted octanol–water partition coefficient (Wildman–Crippen LogP) is 3.71. The van der Waals surface area contributed by atoms with Gasteiger partial charge in [-0.1, -0.05) is 37.8 Å². The van der Waals surface area contributed by atoms with Gasteiger partial charge in [0.25, 0.3) is 5.56 Å². The number of halogens is 2. The smallest absolute Gasteiger partial charge is 0.322 e. The molecule has 0 aliphatic heterocycles. The summed E-state index contributed by atoms with van der Waals surface area (Å²) in [7, 11) is 0. The Morgan fingerprint density at radius 3 is 2.69 bits per heavy atom. The van der Waals surface area contributed by atoms with Gasteiger partial charge in [0, 0.05) is 17.6 Å². The lowest BCUT2D eigenvalue weighted by Gasteiger charge is -2.15. The van der Waals surface area contributed by atoms with Gasteiger partial charge in [-0.05, 0) is 37.5 Å². The van der Waals surface area contributed by atoms with Crippen molar-refractivity contribution >= 4 is 34.4 Å². The Hall–Kier alpha value is -2.94. The van der Waals surface area contributed by atoms with E-state index in [2.05, 4.69) is 10.3 Å². The van der Waals surface area contributed by atoms with Gasteiger partial charge in [-0.2, -0.15) is 0 Å². The van der Waals surface area contributed by atoms with Gasteiger partial charge in [0.2, 0.25) is 5.91 Å². The van der Waals surface area contributed by atoms with Gasteiger partial charge in [-0.15, -0.1) is 0 Å². The molecule has 4 rings (SSSR count). The number of benzene rings is 1. The summed E-state index contributed by atoms with van der Waals surface area (Å²) in [5.41, 5.74) is -0.553. The molecular weight excluding hydrogens is 437 g/mol. The number of unbranched alkanes of at least 4 members (excludes halogenated alkanes) is 1. The van der Waals surface area contributed by atoms with Gasteiger partial charge >= 0.3 is 5.69 Å². The summed E-state index contributed by atoms with van der Waals surface area (Å²) in [5.74, 6) is -1.38. The molecule has 8 nitrogen and oxygen atoms in total. The van der Waals surface area contributed by atoms with Gasteiger partial charge in [0.15, 0.2) is 11.2 Å². The molecule has 0 bridgehead atoms. The lowest BCUT2D eigenvalue weighted by molar-refractivity contribution is -0.116. The molecule has 32 heavy (non-hydrogen) atoms. The van der Waals surface area contributed by atoms with E-state index in [-0.39, 0.29) is 16.8 Å². The Morgan fingerprint density at radius 2 is 2.00 bits per heavy atom. The molecule has 2 aromatic heterocycles. The zero-order valence-electron chi connectivity index (χ0n) is 17.8. The Kier molecular flexibility index (Phi) is 6.45. The number of rotatable bonds is 7. The van der Waals surface area contributed by atoms with Crippen molar-refractivity contribution in [2.45, 2.75) is 64.6 Å². The van der Waals surface area contributed by atoms with Crippen LogP contribution in [0.15, 0.2) is 34.1 Å². The molecule has 0 saturated heterocycles. The number of imidazole rings is 1. The first-order chi connectivity index (χ1) is 15.4. The molecule has 0 radical (unpaired) electrons. The average molecular weight is 462 g/mol. The standard InChI is InChI=1S/C22H25ClFN5O3/c1-2-3-10-27-20-19(29(13-25-20)15-6-4-5-7-15)21(31)28(22(27)32)12-18(30)26-17-9-8-14(23)11-16(17)24/h8-9,11,13,15H,2-7,10,12H2,1H3,(H,26,30). The minimum Gasteiger partial charge on any atom is -0.322 e. The van der Waals surface area contributed by atoms with Gasteiger partial charge in [-0.3, -0.25) is 14.2 Å². The minimum absolute atomic E-state index is 0.0733. The molecule has 170 valence electrons. The van der Waals surface area contributed by atoms with Crippen LogP contribution in [0.1, 0.15) is 51.5 Å². The van der Waals surface area contributed by atoms with E-state index >= 15 is 0 Å². The quantitative estimate of drug-likeness (QED) is 0.580. The zero-order chi connectivity index (χ0) is 22.8. The van der Waals surface area contributed by atoms with Crippen LogP contribution in [0.4, 0.5) is 10.1 Å². The number of amides is 1. The number of aryl methyl sites for hydroxylation is 1. The number of carbonyl (C=O) groups excluding carboxylic acids is 1. The fourth-order valence-corrected chi connectivity index (χ4v) is 4.41. The second-order valence-electron chi connectivity index (χ2n) is 8.11. The van der Waals surface area contributed by atoms with E-state index < -0.39 is 29.5 Å². The second-order valence-corrected chi connectivity index (χ2v) is 8.55. The van der Waals surface area contributed by atoms with Crippen molar-refractivity contribution in [3.05, 3.63) is 56.2 Å². The first-order valence-electron chi connectivity index (χ1n) is 10.9. The van der Waals surface area contributed by atoms with Gasteiger partial charge in [0.1, 0.15) is 12.4 Å². The third kappa shape index (κ3) is 4.21. The Labute approximate surface area is 188 Å². The molecule has 1 fully saturated rings. The highest BCUT2D eigenvalue weighted by atomic mass is 35.5. The topological polar surface area (TPSA) is 90.9 Å². The maximum absolute atomic E-state index is 14.1. The Balaban J connectivity index is 1.75. The van der Waals surface area contributed by atoms with Gasteiger partial charge in [0.05, 0.1) is 12.0 Å². The van der Waals surface area contributed by atoms with E-state index in [1.165, 1.54) is 16.7 Å². The lowest BCUT2D eigenvalue weighted by atomic mass is 10.2. The number of carbonyl (C=O) groups is 1. The van der Waals surface area contributed by atoms with Crippen LogP contribution in [0, 0.1) is 5.82 Å². The molecule has 1 N–H and O–H groups in total. The largest absolute Gasteiger partial charge is 0.333 e. The highest BCUT2D eigenvalue weighted by Crippen LogP contribution is 2.31. The van der Waals surface area contributed by atoms with Crippen LogP contribution in [0.3, 0.4) is 0 Å². The van der Waals surface area contributed by atoms with Crippen LogP contribution in [0.5, 0.6) is 0 Å². The monoisotopic (exact) mass is 461 g/mol. The summed E-state index contributed by atoms with van der Waals surface area (Å²) in [4.78, 5) is 43.5. The molecule has 1 aliphatic carbocycles. The molecule has 2 heterocycles. The number of nitrogens with one attached hydrogen (secondary N) is 1. The van der Waals surface area contributed by atoms with Crippen molar-refractivity contribution in [3.8, 4) is 0 Å². The van der Waals surface area contributed by atoms with E-state index in [9.17, 15) is 18.8 Å². The molecule has 3 aromatic rings. The summed E-state index contributed by atoms with van der Waals surface area (Å²) < 4.78 is 18.3. The van der Waals surface area contributed by atoms with Crippen LogP contribution < -0.4 is 16.6 Å². The summed E-state index contributed by atoms with van der Waals surface area (Å²) in [6.07, 6.45) is 7.23. The van der Waals surface area contributed by atoms with E-state index in [0.29, 0.717) is 17.7 Å². The maximum Gasteiger partial charge on any atom is 0.333 e. The van der Waals surface area contributed by atoms with E-state index in [1.807, 2.05) is 11.5 Å². The number of fused-ring (bicyclic) bond motifs is 1. The van der Waals surface area contributed by atoms with Crippen molar-refractivity contribution in [2.24, 2.45) is 0 Å². The highest BCUT2D eigenvalue weighted by Gasteiger charge is 2.24. The third-order valence-corrected chi connectivity index (χ3v) is 6.14. The molecular formula is C22H25ClFN5O3. The zero-order valence-corrected chi connectivity index (χ0v) is 18.6. The molecule has 1 saturated carbocycles. The molecule has 0 unspecified atom stereocenters. The normalized spacial score (nSPS) is 14.3. The number of nitrogens with zero attached hydrogens (tertiary/aromatic N) is 4. The van der Waals surface area contributed by atoms with Crippen LogP contribution in [-0.4, -0.2) is 24.6 Å². The number of anilines is 1. The van der Waals surface area contributed by atoms with Crippen LogP contribution in [0.25, 0.3) is 11.2 Å². The molecule has 10 heteroatoms. The Bertz CT molecular complexity index is 1270. The summed E-state index contributed by atoms with van der Waals surface area (Å²) in [6, 6.07) is 4.00. The molecule has 1 aromatic carbocycles. The minimum atomic E-state index is -0.701. The van der Waals surface area contributed by atoms with Crippen molar-refractivity contribution in [2.75, 3.05) is 5.32 Å². The van der Waals surface area contributed by atoms with Crippen LogP contribution >= 0.6 is 11.6 Å². The first-order valence-corrected chi connectivity index (χ1v) is 11.2. The van der Waals surface area contributed by atoms with E-state index in [4.69, 9.17) is 11.6 Å². The van der Waals surface area contributed by atoms with Crippen LogP contribution in [0.2, 0.25) is 5.02 Å². The number of hydrogen-bond donors (Lipinski definition) is 1. The molecule has 1 amide bonds. The number of hydrogen-bond acceptors (Lipinski definition) is 4. The fourth-order valence-electron chi connectivity index (χ4n) is 4.25. The van der Waals surface area contributed by atoms with Crippen molar-refractivity contribution in [1.82, 2.24) is 18.7 Å². The van der Waals surface area contributed by atoms with Crippen molar-refractivity contribution in [1.29, 1.82) is 0 Å². The summed E-state index contributed by atoms with van der Waals surface area (Å²) in [6.45, 7) is 1.86. The fraction of sp³-hybridized carbons (Fsp3) is 0.455. The maximum atomic E-state index is 14.1. The second kappa shape index (κ2) is 9.28. The summed E-state index contributed by atoms with van der Waals surface area (Å²) >= 11 is 5.75. The van der Waals surface area contributed by atoms with Crippen LogP contribution in [-0.2, 0) is 17.9 Å². The van der Waals surface area contributed by atoms with Gasteiger partial charge in [-0.25, -0.2) is 18.7 Å². The van der Waals surface area contributed by atoms with Crippen molar-refractivity contribution in [3.63, 3.8) is 0 Å². The van der Waals surface area contributed by atoms with Crippen molar-refractivity contribution < 1.29 is 9.18 Å². The number of aromatic nitrogens is 4. The molecule has 0 atom stereocenters. The predicted molar refractivity (Wildman–Crippen MR) is 121 cm³/mol.